The van der Waals surface area contributed by atoms with Crippen LogP contribution in [-0.2, 0) is 18.9 Å². The van der Waals surface area contributed by atoms with Gasteiger partial charge in [-0.2, -0.15) is 0 Å². The predicted molar refractivity (Wildman–Crippen MR) is 52.6 cm³/mol. The molecule has 2 saturated heterocycles. The standard InChI is InChI=1S/C10H18O6/c1-10(2)14-4-5-8(16-10)6(11)7(12)9(13-3)15-5/h5-9,11-12H,4H2,1-3H3/t5-,6-,7-,8-,9-/m1/s1. The van der Waals surface area contributed by atoms with Crippen LogP contribution in [0.5, 0.6) is 0 Å². The summed E-state index contributed by atoms with van der Waals surface area (Å²) in [6.07, 6.45) is -4.00. The highest BCUT2D eigenvalue weighted by Crippen LogP contribution is 2.32. The van der Waals surface area contributed by atoms with E-state index in [1.54, 1.807) is 13.8 Å². The lowest BCUT2D eigenvalue weighted by atomic mass is 9.97. The average molecular weight is 234 g/mol. The molecule has 0 aliphatic carbocycles. The molecule has 0 aromatic rings. The molecule has 0 unspecified atom stereocenters. The van der Waals surface area contributed by atoms with Gasteiger partial charge in [-0.1, -0.05) is 0 Å². The van der Waals surface area contributed by atoms with Gasteiger partial charge in [0.1, 0.15) is 24.4 Å². The zero-order valence-corrected chi connectivity index (χ0v) is 9.62. The average Bonchev–Trinajstić information content (AvgIpc) is 2.23. The Bertz CT molecular complexity index is 254. The van der Waals surface area contributed by atoms with E-state index in [0.29, 0.717) is 6.61 Å². The maximum absolute atomic E-state index is 9.92. The third kappa shape index (κ3) is 2.09. The van der Waals surface area contributed by atoms with Crippen LogP contribution in [0.4, 0.5) is 0 Å². The summed E-state index contributed by atoms with van der Waals surface area (Å²) in [5.41, 5.74) is 0. The summed E-state index contributed by atoms with van der Waals surface area (Å²) in [4.78, 5) is 0. The monoisotopic (exact) mass is 234 g/mol. The fourth-order valence-corrected chi connectivity index (χ4v) is 2.02. The van der Waals surface area contributed by atoms with Gasteiger partial charge in [0, 0.05) is 7.11 Å². The van der Waals surface area contributed by atoms with Crippen molar-refractivity contribution in [3.05, 3.63) is 0 Å². The van der Waals surface area contributed by atoms with E-state index < -0.39 is 36.5 Å². The van der Waals surface area contributed by atoms with E-state index in [9.17, 15) is 10.2 Å². The fourth-order valence-electron chi connectivity index (χ4n) is 2.02. The number of ether oxygens (including phenoxy) is 4. The van der Waals surface area contributed by atoms with Crippen molar-refractivity contribution in [1.82, 2.24) is 0 Å². The first-order valence-corrected chi connectivity index (χ1v) is 5.31. The summed E-state index contributed by atoms with van der Waals surface area (Å²) >= 11 is 0. The first-order valence-electron chi connectivity index (χ1n) is 5.31. The number of hydrogen-bond donors (Lipinski definition) is 2. The minimum Gasteiger partial charge on any atom is -0.387 e. The molecule has 2 rings (SSSR count). The van der Waals surface area contributed by atoms with Crippen LogP contribution < -0.4 is 0 Å². The largest absolute Gasteiger partial charge is 0.387 e. The summed E-state index contributed by atoms with van der Waals surface area (Å²) in [5, 5.41) is 19.6. The highest BCUT2D eigenvalue weighted by molar-refractivity contribution is 4.93. The van der Waals surface area contributed by atoms with Gasteiger partial charge in [-0.05, 0) is 13.8 Å². The molecule has 16 heavy (non-hydrogen) atoms. The van der Waals surface area contributed by atoms with E-state index in [1.807, 2.05) is 0 Å². The minimum absolute atomic E-state index is 0.307. The Hall–Kier alpha value is -0.240. The highest BCUT2D eigenvalue weighted by Gasteiger charge is 2.50. The summed E-state index contributed by atoms with van der Waals surface area (Å²) in [7, 11) is 1.41. The van der Waals surface area contributed by atoms with Gasteiger partial charge in [-0.3, -0.25) is 0 Å². The van der Waals surface area contributed by atoms with Gasteiger partial charge < -0.3 is 29.2 Å². The molecule has 2 aliphatic heterocycles. The molecule has 2 aliphatic rings. The molecule has 2 fully saturated rings. The molecule has 6 nitrogen and oxygen atoms in total. The van der Waals surface area contributed by atoms with Gasteiger partial charge in [0.2, 0.25) is 0 Å². The molecule has 0 amide bonds. The van der Waals surface area contributed by atoms with E-state index in [4.69, 9.17) is 18.9 Å². The summed E-state index contributed by atoms with van der Waals surface area (Å²) in [6, 6.07) is 0. The molecule has 2 N–H and O–H groups in total. The Kier molecular flexibility index (Phi) is 3.22. The smallest absolute Gasteiger partial charge is 0.186 e. The van der Waals surface area contributed by atoms with Crippen LogP contribution >= 0.6 is 0 Å². The quantitative estimate of drug-likeness (QED) is 0.620. The van der Waals surface area contributed by atoms with Gasteiger partial charge >= 0.3 is 0 Å². The van der Waals surface area contributed by atoms with Crippen LogP contribution in [0.2, 0.25) is 0 Å². The number of aliphatic hydroxyl groups excluding tert-OH is 2. The maximum Gasteiger partial charge on any atom is 0.186 e. The van der Waals surface area contributed by atoms with Crippen molar-refractivity contribution in [1.29, 1.82) is 0 Å². The van der Waals surface area contributed by atoms with Crippen molar-refractivity contribution >= 4 is 0 Å². The van der Waals surface area contributed by atoms with Crippen LogP contribution in [0.1, 0.15) is 13.8 Å². The lowest BCUT2D eigenvalue weighted by Gasteiger charge is -2.48. The summed E-state index contributed by atoms with van der Waals surface area (Å²) in [6.45, 7) is 3.82. The lowest BCUT2D eigenvalue weighted by Crippen LogP contribution is -2.64. The Labute approximate surface area is 94.1 Å². The van der Waals surface area contributed by atoms with Crippen molar-refractivity contribution in [2.45, 2.75) is 50.3 Å². The molecule has 0 bridgehead atoms. The Balaban J connectivity index is 2.11. The minimum atomic E-state index is -1.11. The molecular formula is C10H18O6. The lowest BCUT2D eigenvalue weighted by molar-refractivity contribution is -0.379. The number of methoxy groups -OCH3 is 1. The number of rotatable bonds is 1. The second-order valence-electron chi connectivity index (χ2n) is 4.55. The van der Waals surface area contributed by atoms with Crippen LogP contribution in [0.15, 0.2) is 0 Å². The SMILES string of the molecule is CO[C@@H]1O[C@@H]2COC(C)(C)O[C@H]2[C@H](O)[C@H]1O. The topological polar surface area (TPSA) is 77.4 Å². The van der Waals surface area contributed by atoms with E-state index in [0.717, 1.165) is 0 Å². The Morgan fingerprint density at radius 3 is 2.56 bits per heavy atom. The molecule has 0 aromatic carbocycles. The molecule has 2 heterocycles. The van der Waals surface area contributed by atoms with Crippen molar-refractivity contribution < 1.29 is 29.2 Å². The molecular weight excluding hydrogens is 216 g/mol. The Morgan fingerprint density at radius 2 is 1.94 bits per heavy atom. The zero-order chi connectivity index (χ0) is 11.9. The van der Waals surface area contributed by atoms with E-state index in [2.05, 4.69) is 0 Å². The molecule has 6 heteroatoms. The first kappa shape index (κ1) is 12.2. The van der Waals surface area contributed by atoms with Gasteiger partial charge in [-0.15, -0.1) is 0 Å². The molecule has 0 aromatic heterocycles. The number of hydrogen-bond acceptors (Lipinski definition) is 6. The predicted octanol–water partition coefficient (Wildman–Crippen LogP) is -0.769. The first-order chi connectivity index (χ1) is 7.44. The molecule has 0 radical (unpaired) electrons. The van der Waals surface area contributed by atoms with Crippen molar-refractivity contribution in [2.75, 3.05) is 13.7 Å². The van der Waals surface area contributed by atoms with Crippen molar-refractivity contribution in [3.63, 3.8) is 0 Å². The van der Waals surface area contributed by atoms with Gasteiger partial charge in [0.25, 0.3) is 0 Å². The van der Waals surface area contributed by atoms with Crippen molar-refractivity contribution in [3.8, 4) is 0 Å². The van der Waals surface area contributed by atoms with Gasteiger partial charge in [-0.25, -0.2) is 0 Å². The van der Waals surface area contributed by atoms with E-state index in [-0.39, 0.29) is 0 Å². The second kappa shape index (κ2) is 4.21. The fraction of sp³-hybridized carbons (Fsp3) is 1.00. The van der Waals surface area contributed by atoms with E-state index >= 15 is 0 Å². The van der Waals surface area contributed by atoms with Crippen molar-refractivity contribution in [2.24, 2.45) is 0 Å². The van der Waals surface area contributed by atoms with E-state index in [1.165, 1.54) is 7.11 Å². The molecule has 5 atom stereocenters. The number of fused-ring (bicyclic) bond motifs is 1. The van der Waals surface area contributed by atoms with Gasteiger partial charge in [0.15, 0.2) is 12.1 Å². The normalized spacial score (nSPS) is 47.4. The van der Waals surface area contributed by atoms with Crippen LogP contribution in [0.3, 0.4) is 0 Å². The Morgan fingerprint density at radius 1 is 1.25 bits per heavy atom. The molecule has 94 valence electrons. The second-order valence-corrected chi connectivity index (χ2v) is 4.55. The number of aliphatic hydroxyl groups is 2. The highest BCUT2D eigenvalue weighted by atomic mass is 16.8. The molecule has 0 saturated carbocycles. The summed E-state index contributed by atoms with van der Waals surface area (Å²) < 4.78 is 21.3. The van der Waals surface area contributed by atoms with Crippen LogP contribution in [0.25, 0.3) is 0 Å². The van der Waals surface area contributed by atoms with Crippen LogP contribution in [0, 0.1) is 0 Å². The zero-order valence-electron chi connectivity index (χ0n) is 9.62. The maximum atomic E-state index is 9.92. The van der Waals surface area contributed by atoms with Crippen LogP contribution in [-0.4, -0.2) is 60.4 Å². The molecule has 0 spiro atoms. The third-order valence-electron chi connectivity index (χ3n) is 2.89. The third-order valence-corrected chi connectivity index (χ3v) is 2.89. The van der Waals surface area contributed by atoms with Gasteiger partial charge in [0.05, 0.1) is 6.61 Å². The summed E-state index contributed by atoms with van der Waals surface area (Å²) in [5.74, 6) is -0.773.